The Morgan fingerprint density at radius 3 is 2.39 bits per heavy atom. The monoisotopic (exact) mass is 1190 g/mol. The lowest BCUT2D eigenvalue weighted by atomic mass is 9.95. The molecule has 0 saturated carbocycles. The molecule has 3 aromatic carbocycles. The number of hydrogen-bond donors (Lipinski definition) is 1. The van der Waals surface area contributed by atoms with Crippen molar-refractivity contribution in [2.24, 2.45) is 13.0 Å². The van der Waals surface area contributed by atoms with Crippen LogP contribution in [0.2, 0.25) is 0 Å². The van der Waals surface area contributed by atoms with Crippen molar-refractivity contribution in [3.63, 3.8) is 0 Å². The lowest BCUT2D eigenvalue weighted by Gasteiger charge is -2.42. The van der Waals surface area contributed by atoms with Gasteiger partial charge in [-0.2, -0.15) is 9.97 Å². The molecule has 13 rings (SSSR count). The first-order valence-corrected chi connectivity index (χ1v) is 30.9. The van der Waals surface area contributed by atoms with E-state index in [-0.39, 0.29) is 96.0 Å². The average molecular weight is 1190 g/mol. The van der Waals surface area contributed by atoms with Gasteiger partial charge in [0.2, 0.25) is 11.8 Å². The summed E-state index contributed by atoms with van der Waals surface area (Å²) in [5.74, 6) is 1.16. The smallest absolute Gasteiger partial charge is 0.410 e. The third-order valence-corrected chi connectivity index (χ3v) is 19.4. The van der Waals surface area contributed by atoms with E-state index < -0.39 is 29.2 Å². The molecule has 20 nitrogen and oxygen atoms in total. The normalized spacial score (nSPS) is 24.1. The molecule has 5 atom stereocenters. The Hall–Kier alpha value is -7.74. The van der Waals surface area contributed by atoms with Crippen LogP contribution in [0.1, 0.15) is 115 Å². The first kappa shape index (κ1) is 58.3. The van der Waals surface area contributed by atoms with Gasteiger partial charge in [0.25, 0.3) is 0 Å². The van der Waals surface area contributed by atoms with Gasteiger partial charge in [0.1, 0.15) is 47.7 Å². The van der Waals surface area contributed by atoms with Gasteiger partial charge in [0.15, 0.2) is 5.82 Å². The number of carbonyl (C=O) groups excluding carboxylic acids is 4. The van der Waals surface area contributed by atoms with Crippen molar-refractivity contribution in [1.29, 1.82) is 0 Å². The van der Waals surface area contributed by atoms with Crippen molar-refractivity contribution in [1.82, 2.24) is 49.0 Å². The van der Waals surface area contributed by atoms with Gasteiger partial charge in [-0.3, -0.25) is 43.7 Å². The molecule has 10 heterocycles. The van der Waals surface area contributed by atoms with E-state index in [1.165, 1.54) is 10.6 Å². The minimum Gasteiger partial charge on any atom is -0.461 e. The maximum Gasteiger partial charge on any atom is 0.410 e. The predicted molar refractivity (Wildman–Crippen MR) is 321 cm³/mol. The number of likely N-dealkylation sites (tertiary alicyclic amines) is 2. The van der Waals surface area contributed by atoms with Gasteiger partial charge in [-0.15, -0.1) is 6.42 Å². The number of fused-ring (bicyclic) bond motifs is 6. The summed E-state index contributed by atoms with van der Waals surface area (Å²) in [5.41, 5.74) is 1.49. The molecule has 3 unspecified atom stereocenters. The second kappa shape index (κ2) is 23.4. The number of nitrogens with one attached hydrogen (secondary N) is 1. The molecule has 458 valence electrons. The van der Waals surface area contributed by atoms with E-state index in [0.717, 1.165) is 101 Å². The number of hydrogen-bond acceptors (Lipinski definition) is 15. The molecule has 7 aliphatic heterocycles. The fourth-order valence-corrected chi connectivity index (χ4v) is 14.9. The molecule has 0 spiro atoms. The highest BCUT2D eigenvalue weighted by atomic mass is 19.1. The summed E-state index contributed by atoms with van der Waals surface area (Å²) in [4.78, 5) is 89.9. The molecule has 22 heteroatoms. The van der Waals surface area contributed by atoms with Crippen LogP contribution in [0.5, 0.6) is 6.01 Å². The highest BCUT2D eigenvalue weighted by Crippen LogP contribution is 2.44. The van der Waals surface area contributed by atoms with Gasteiger partial charge in [0.05, 0.1) is 45.7 Å². The van der Waals surface area contributed by atoms with Crippen molar-refractivity contribution in [3.05, 3.63) is 88.0 Å². The maximum absolute atomic E-state index is 17.5. The second-order valence-corrected chi connectivity index (χ2v) is 26.0. The quantitative estimate of drug-likeness (QED) is 0.0856. The number of anilines is 1. The van der Waals surface area contributed by atoms with E-state index >= 15 is 8.78 Å². The third kappa shape index (κ3) is 11.2. The summed E-state index contributed by atoms with van der Waals surface area (Å²) >= 11 is 0. The maximum atomic E-state index is 17.5. The molecule has 87 heavy (non-hydrogen) atoms. The van der Waals surface area contributed by atoms with Crippen LogP contribution in [-0.2, 0) is 37.4 Å². The summed E-state index contributed by atoms with van der Waals surface area (Å²) in [5, 5.41) is 3.75. The molecule has 0 aliphatic carbocycles. The van der Waals surface area contributed by atoms with Gasteiger partial charge < -0.3 is 28.7 Å². The Morgan fingerprint density at radius 1 is 0.862 bits per heavy atom. The third-order valence-electron chi connectivity index (χ3n) is 19.4. The highest BCUT2D eigenvalue weighted by molar-refractivity contribution is 6.02. The number of imide groups is 1. The average Bonchev–Trinajstić information content (AvgIpc) is 1.84. The van der Waals surface area contributed by atoms with Gasteiger partial charge in [-0.1, -0.05) is 36.3 Å². The van der Waals surface area contributed by atoms with Crippen molar-refractivity contribution in [2.75, 3.05) is 70.5 Å². The fraction of sp³-hybridized carbons (Fsp3) is 0.538. The Balaban J connectivity index is 0.618. The molecule has 2 bridgehead atoms. The standard InChI is InChI=1S/C65H75F2N11O9/c1-6-46-49(66)15-12-41-9-7-10-47(54(41)46)56-55(67)57-48(32-68-56)58(75-34-42-13-14-43(35-75)77(42)63(83)87-64(2,3)4)71-60(70-57)86-38-65-24-8-26-76(65)44(19-25-65)37-85-62(82)74-29-20-39(21-30-74)36-84-45-22-27-73(28-23-45)33-40-11-16-50-52(31-40)72(5)61(81)78(50)51-17-18-53(79)69-59(51)80/h1,7,9-12,15-16,31-32,39,42-45,51H,8,13-14,17-30,33-38H2,2-5H3,(H,69,79,80)/t42?,43?,44-,51?,65-/m0/s1. The topological polar surface area (TPSA) is 199 Å². The number of piperidine rings is 3. The lowest BCUT2D eigenvalue weighted by molar-refractivity contribution is -0.135. The zero-order valence-electron chi connectivity index (χ0n) is 49.9. The van der Waals surface area contributed by atoms with Crippen LogP contribution < -0.4 is 20.6 Å². The number of piperazine rings is 1. The second-order valence-electron chi connectivity index (χ2n) is 26.0. The number of nitrogens with zero attached hydrogens (tertiary/aromatic N) is 10. The van der Waals surface area contributed by atoms with Crippen LogP contribution in [0.25, 0.3) is 44.0 Å². The van der Waals surface area contributed by atoms with E-state index in [2.05, 4.69) is 30.9 Å². The number of carbonyl (C=O) groups is 4. The first-order valence-electron chi connectivity index (χ1n) is 30.9. The Labute approximate surface area is 503 Å². The van der Waals surface area contributed by atoms with Gasteiger partial charge in [0, 0.05) is 89.1 Å². The summed E-state index contributed by atoms with van der Waals surface area (Å²) in [6.45, 7) is 12.0. The van der Waals surface area contributed by atoms with Crippen molar-refractivity contribution in [3.8, 4) is 29.6 Å². The summed E-state index contributed by atoms with van der Waals surface area (Å²) in [6.07, 6.45) is 15.8. The van der Waals surface area contributed by atoms with Gasteiger partial charge in [-0.25, -0.2) is 23.2 Å². The summed E-state index contributed by atoms with van der Waals surface area (Å²) in [7, 11) is 1.71. The van der Waals surface area contributed by atoms with E-state index in [1.54, 1.807) is 42.1 Å². The number of aromatic nitrogens is 5. The molecule has 4 amide bonds. The lowest BCUT2D eigenvalue weighted by Crippen LogP contribution is -2.57. The molecular weight excluding hydrogens is 1120 g/mol. The molecule has 3 aromatic heterocycles. The minimum atomic E-state index is -0.727. The SMILES string of the molecule is C#Cc1c(F)ccc2cccc(-c3ncc4c(N5CC6CCC(C5)N6C(=O)OC(C)(C)C)nc(OC[C@@]56CCCN5[C@H](COC(=O)N5CCC(COC7CCN(Cc8ccc9c(c8)n(C)c(=O)n9C8CCC(=O)NC8=O)CC7)CC5)CC6)nc4c3F)c12. The van der Waals surface area contributed by atoms with Crippen molar-refractivity contribution in [2.45, 2.75) is 146 Å². The predicted octanol–water partition coefficient (Wildman–Crippen LogP) is 8.23. The van der Waals surface area contributed by atoms with Crippen molar-refractivity contribution >= 4 is 62.5 Å². The number of rotatable bonds is 13. The number of pyridine rings is 1. The number of terminal acetylenes is 1. The van der Waals surface area contributed by atoms with E-state index in [4.69, 9.17) is 35.3 Å². The van der Waals surface area contributed by atoms with E-state index in [1.807, 2.05) is 48.8 Å². The molecule has 7 saturated heterocycles. The van der Waals surface area contributed by atoms with E-state index in [9.17, 15) is 24.0 Å². The molecule has 1 N–H and O–H groups in total. The number of imidazole rings is 1. The zero-order valence-corrected chi connectivity index (χ0v) is 49.9. The van der Waals surface area contributed by atoms with E-state index in [0.29, 0.717) is 78.2 Å². The van der Waals surface area contributed by atoms with Crippen LogP contribution in [0, 0.1) is 29.9 Å². The minimum absolute atomic E-state index is 0.00000396. The van der Waals surface area contributed by atoms with Crippen LogP contribution in [0.3, 0.4) is 0 Å². The number of ether oxygens (including phenoxy) is 4. The molecule has 6 aromatic rings. The van der Waals surface area contributed by atoms with Crippen LogP contribution in [0.4, 0.5) is 24.2 Å². The number of benzene rings is 3. The largest absolute Gasteiger partial charge is 0.461 e. The first-order chi connectivity index (χ1) is 41.9. The van der Waals surface area contributed by atoms with Gasteiger partial charge in [-0.05, 0) is 133 Å². The number of halogens is 2. The number of amides is 4. The van der Waals surface area contributed by atoms with Gasteiger partial charge >= 0.3 is 23.9 Å². The molecule has 7 fully saturated rings. The molecule has 0 radical (unpaired) electrons. The molecule has 7 aliphatic rings. The summed E-state index contributed by atoms with van der Waals surface area (Å²) in [6, 6.07) is 13.0. The highest BCUT2D eigenvalue weighted by Gasteiger charge is 2.51. The summed E-state index contributed by atoms with van der Waals surface area (Å²) < 4.78 is 60.8. The van der Waals surface area contributed by atoms with Crippen LogP contribution in [-0.4, -0.2) is 169 Å². The van der Waals surface area contributed by atoms with Crippen LogP contribution in [0.15, 0.2) is 59.5 Å². The Kier molecular flexibility index (Phi) is 15.7. The number of aryl methyl sites for hydroxylation is 1. The Morgan fingerprint density at radius 2 is 1.64 bits per heavy atom. The molecular formula is C65H75F2N11O9. The fourth-order valence-electron chi connectivity index (χ4n) is 14.9. The van der Waals surface area contributed by atoms with Crippen molar-refractivity contribution < 1.29 is 46.9 Å². The zero-order chi connectivity index (χ0) is 60.5. The van der Waals surface area contributed by atoms with Crippen LogP contribution >= 0.6 is 0 Å². The Bertz CT molecular complexity index is 3790.